The van der Waals surface area contributed by atoms with Gasteiger partial charge in [0.2, 0.25) is 5.91 Å². The molecule has 0 spiro atoms. The van der Waals surface area contributed by atoms with E-state index in [0.717, 1.165) is 0 Å². The highest BCUT2D eigenvalue weighted by atomic mass is 35.5. The molecule has 0 fully saturated rings. The van der Waals surface area contributed by atoms with Crippen molar-refractivity contribution in [2.24, 2.45) is 0 Å². The third-order valence-corrected chi connectivity index (χ3v) is 2.06. The smallest absolute Gasteiger partial charge is 0.337 e. The number of likely N-dealkylation sites (N-methyl/N-ethyl adjacent to an activating group) is 1. The van der Waals surface area contributed by atoms with E-state index in [1.165, 1.54) is 18.2 Å². The first-order valence-corrected chi connectivity index (χ1v) is 4.89. The Balaban J connectivity index is 2.95. The number of benzene rings is 1. The fraction of sp³-hybridized carbons (Fsp3) is 0.200. The van der Waals surface area contributed by atoms with Crippen molar-refractivity contribution in [3.63, 3.8) is 0 Å². The van der Waals surface area contributed by atoms with E-state index in [9.17, 15) is 9.59 Å². The third-order valence-electron chi connectivity index (χ3n) is 1.82. The summed E-state index contributed by atoms with van der Waals surface area (Å²) >= 11 is 5.67. The second-order valence-electron chi connectivity index (χ2n) is 3.07. The lowest BCUT2D eigenvalue weighted by molar-refractivity contribution is -0.115. The quantitative estimate of drug-likeness (QED) is 0.741. The van der Waals surface area contributed by atoms with Crippen LogP contribution in [0.15, 0.2) is 18.2 Å². The molecule has 0 aliphatic heterocycles. The first-order valence-electron chi connectivity index (χ1n) is 4.52. The van der Waals surface area contributed by atoms with E-state index in [1.54, 1.807) is 7.05 Å². The molecule has 3 N–H and O–H groups in total. The number of carbonyl (C=O) groups excluding carboxylic acids is 1. The van der Waals surface area contributed by atoms with Gasteiger partial charge in [-0.05, 0) is 25.2 Å². The number of hydrogen-bond donors (Lipinski definition) is 3. The van der Waals surface area contributed by atoms with E-state index >= 15 is 0 Å². The molecule has 0 unspecified atom stereocenters. The summed E-state index contributed by atoms with van der Waals surface area (Å²) in [5.41, 5.74) is 0.203. The number of hydrogen-bond acceptors (Lipinski definition) is 3. The van der Waals surface area contributed by atoms with Crippen molar-refractivity contribution in [3.8, 4) is 0 Å². The van der Waals surface area contributed by atoms with E-state index < -0.39 is 5.97 Å². The molecule has 6 heteroatoms. The summed E-state index contributed by atoms with van der Waals surface area (Å²) in [4.78, 5) is 22.2. The minimum absolute atomic E-state index is 0.0306. The third kappa shape index (κ3) is 3.22. The maximum absolute atomic E-state index is 11.3. The molecular weight excluding hydrogens is 232 g/mol. The summed E-state index contributed by atoms with van der Waals surface area (Å²) < 4.78 is 0. The van der Waals surface area contributed by atoms with Gasteiger partial charge in [-0.2, -0.15) is 0 Å². The zero-order valence-corrected chi connectivity index (χ0v) is 9.34. The molecule has 0 aliphatic carbocycles. The number of halogens is 1. The molecule has 0 aromatic heterocycles. The lowest BCUT2D eigenvalue weighted by Crippen LogP contribution is -2.25. The molecule has 1 aromatic carbocycles. The Morgan fingerprint density at radius 1 is 1.44 bits per heavy atom. The molecule has 0 heterocycles. The summed E-state index contributed by atoms with van der Waals surface area (Å²) in [7, 11) is 1.62. The number of anilines is 1. The SMILES string of the molecule is CNCC(=O)Nc1ccc(Cl)cc1C(=O)O. The Hall–Kier alpha value is -1.59. The van der Waals surface area contributed by atoms with E-state index in [-0.39, 0.29) is 23.7 Å². The van der Waals surface area contributed by atoms with E-state index in [0.29, 0.717) is 5.02 Å². The molecule has 1 amide bonds. The fourth-order valence-corrected chi connectivity index (χ4v) is 1.33. The Bertz CT molecular complexity index is 421. The molecule has 1 aromatic rings. The number of carbonyl (C=O) groups is 2. The molecule has 0 saturated carbocycles. The zero-order valence-electron chi connectivity index (χ0n) is 8.58. The van der Waals surface area contributed by atoms with Gasteiger partial charge in [0.15, 0.2) is 0 Å². The molecule has 0 atom stereocenters. The molecule has 1 rings (SSSR count). The van der Waals surface area contributed by atoms with Crippen LogP contribution in [-0.2, 0) is 4.79 Å². The standard InChI is InChI=1S/C10H11ClN2O3/c1-12-5-9(14)13-8-3-2-6(11)4-7(8)10(15)16/h2-4,12H,5H2,1H3,(H,13,14)(H,15,16). The van der Waals surface area contributed by atoms with Crippen LogP contribution < -0.4 is 10.6 Å². The minimum atomic E-state index is -1.14. The van der Waals surface area contributed by atoms with Gasteiger partial charge in [0, 0.05) is 5.02 Å². The zero-order chi connectivity index (χ0) is 12.1. The summed E-state index contributed by atoms with van der Waals surface area (Å²) in [5, 5.41) is 14.4. The van der Waals surface area contributed by atoms with E-state index in [1.807, 2.05) is 0 Å². The topological polar surface area (TPSA) is 78.4 Å². The fourth-order valence-electron chi connectivity index (χ4n) is 1.16. The second kappa shape index (κ2) is 5.48. The van der Waals surface area contributed by atoms with Crippen molar-refractivity contribution in [2.75, 3.05) is 18.9 Å². The Morgan fingerprint density at radius 2 is 2.12 bits per heavy atom. The molecule has 0 aliphatic rings. The maximum atomic E-state index is 11.3. The first-order chi connectivity index (χ1) is 7.54. The van der Waals surface area contributed by atoms with Crippen molar-refractivity contribution in [2.45, 2.75) is 0 Å². The number of carboxylic acids is 1. The van der Waals surface area contributed by atoms with Crippen molar-refractivity contribution >= 4 is 29.2 Å². The Labute approximate surface area is 97.4 Å². The van der Waals surface area contributed by atoms with E-state index in [4.69, 9.17) is 16.7 Å². The second-order valence-corrected chi connectivity index (χ2v) is 3.51. The number of aromatic carboxylic acids is 1. The maximum Gasteiger partial charge on any atom is 0.337 e. The molecule has 0 bridgehead atoms. The van der Waals surface area contributed by atoms with Crippen LogP contribution in [0.2, 0.25) is 5.02 Å². The summed E-state index contributed by atoms with van der Waals surface area (Å²) in [6, 6.07) is 4.27. The van der Waals surface area contributed by atoms with Crippen molar-refractivity contribution in [1.82, 2.24) is 5.32 Å². The molecule has 0 radical (unpaired) electrons. The molecule has 16 heavy (non-hydrogen) atoms. The van der Waals surface area contributed by atoms with Gasteiger partial charge in [-0.25, -0.2) is 4.79 Å². The van der Waals surface area contributed by atoms with Gasteiger partial charge >= 0.3 is 5.97 Å². The van der Waals surface area contributed by atoms with E-state index in [2.05, 4.69) is 10.6 Å². The van der Waals surface area contributed by atoms with Gasteiger partial charge in [-0.15, -0.1) is 0 Å². The van der Waals surface area contributed by atoms with Crippen LogP contribution in [0.1, 0.15) is 10.4 Å². The van der Waals surface area contributed by atoms with Gasteiger partial charge in [0.25, 0.3) is 0 Å². The predicted molar refractivity (Wildman–Crippen MR) is 61.0 cm³/mol. The van der Waals surface area contributed by atoms with Gasteiger partial charge in [-0.3, -0.25) is 4.79 Å². The van der Waals surface area contributed by atoms with Crippen LogP contribution >= 0.6 is 11.6 Å². The normalized spacial score (nSPS) is 9.88. The molecule has 5 nitrogen and oxygen atoms in total. The number of amides is 1. The van der Waals surface area contributed by atoms with Crippen LogP contribution in [0.5, 0.6) is 0 Å². The summed E-state index contributed by atoms with van der Waals surface area (Å²) in [6.45, 7) is 0.113. The van der Waals surface area contributed by atoms with Gasteiger partial charge in [0.05, 0.1) is 17.8 Å². The lowest BCUT2D eigenvalue weighted by atomic mass is 10.2. The van der Waals surface area contributed by atoms with Crippen LogP contribution in [0.25, 0.3) is 0 Å². The molecule has 86 valence electrons. The molecular formula is C10H11ClN2O3. The van der Waals surface area contributed by atoms with Crippen LogP contribution in [0.4, 0.5) is 5.69 Å². The first kappa shape index (κ1) is 12.5. The minimum Gasteiger partial charge on any atom is -0.478 e. The highest BCUT2D eigenvalue weighted by Gasteiger charge is 2.12. The van der Waals surface area contributed by atoms with Crippen molar-refractivity contribution < 1.29 is 14.7 Å². The van der Waals surface area contributed by atoms with Gasteiger partial charge in [-0.1, -0.05) is 11.6 Å². The van der Waals surface area contributed by atoms with Gasteiger partial charge < -0.3 is 15.7 Å². The lowest BCUT2D eigenvalue weighted by Gasteiger charge is -2.08. The number of nitrogens with one attached hydrogen (secondary N) is 2. The monoisotopic (exact) mass is 242 g/mol. The van der Waals surface area contributed by atoms with Crippen LogP contribution in [-0.4, -0.2) is 30.6 Å². The number of carboxylic acid groups (broad SMARTS) is 1. The average Bonchev–Trinajstić information content (AvgIpc) is 2.20. The van der Waals surface area contributed by atoms with Crippen LogP contribution in [0, 0.1) is 0 Å². The highest BCUT2D eigenvalue weighted by molar-refractivity contribution is 6.31. The highest BCUT2D eigenvalue weighted by Crippen LogP contribution is 2.20. The summed E-state index contributed by atoms with van der Waals surface area (Å²) in [5.74, 6) is -1.45. The van der Waals surface area contributed by atoms with Crippen molar-refractivity contribution in [3.05, 3.63) is 28.8 Å². The Kier molecular flexibility index (Phi) is 4.28. The van der Waals surface area contributed by atoms with Crippen molar-refractivity contribution in [1.29, 1.82) is 0 Å². The van der Waals surface area contributed by atoms with Gasteiger partial charge in [0.1, 0.15) is 0 Å². The Morgan fingerprint density at radius 3 is 2.69 bits per heavy atom. The molecule has 0 saturated heterocycles. The largest absolute Gasteiger partial charge is 0.478 e. The average molecular weight is 243 g/mol. The number of rotatable bonds is 4. The predicted octanol–water partition coefficient (Wildman–Crippen LogP) is 1.20. The van der Waals surface area contributed by atoms with Crippen LogP contribution in [0.3, 0.4) is 0 Å². The summed E-state index contributed by atoms with van der Waals surface area (Å²) in [6.07, 6.45) is 0.